The first-order valence-electron chi connectivity index (χ1n) is 4.66. The molecule has 0 aliphatic rings. The van der Waals surface area contributed by atoms with Crippen molar-refractivity contribution in [2.75, 3.05) is 32.1 Å². The lowest BCUT2D eigenvalue weighted by molar-refractivity contribution is -0.0327. The highest BCUT2D eigenvalue weighted by Crippen LogP contribution is 2.29. The summed E-state index contributed by atoms with van der Waals surface area (Å²) in [4.78, 5) is 0. The van der Waals surface area contributed by atoms with Gasteiger partial charge in [0.25, 0.3) is 0 Å². The van der Waals surface area contributed by atoms with E-state index >= 15 is 0 Å². The Balaban J connectivity index is 3.02. The number of hydrogen-bond donors (Lipinski definition) is 1. The summed E-state index contributed by atoms with van der Waals surface area (Å²) in [5.74, 6) is 0.0379. The Morgan fingerprint density at radius 3 is 2.60 bits per heavy atom. The average molecular weight is 243 g/mol. The normalized spacial score (nSPS) is 11.7. The van der Waals surface area contributed by atoms with Crippen molar-refractivity contribution < 1.29 is 17.9 Å². The zero-order chi connectivity index (χ0) is 11.6. The third-order valence-electron chi connectivity index (χ3n) is 1.43. The molecule has 0 unspecified atom stereocenters. The van der Waals surface area contributed by atoms with Gasteiger partial charge < -0.3 is 10.1 Å². The first-order chi connectivity index (χ1) is 7.06. The van der Waals surface area contributed by atoms with Crippen molar-refractivity contribution in [3.8, 4) is 0 Å². The standard InChI is InChI=1S/C9H16F3NOS/c1-2-3-6-14-7-4-13-5-8-15-9(10,11)12/h2,13H,1,3-8H2. The molecule has 2 nitrogen and oxygen atoms in total. The molecule has 0 bridgehead atoms. The fourth-order valence-corrected chi connectivity index (χ4v) is 1.25. The monoisotopic (exact) mass is 243 g/mol. The third-order valence-corrected chi connectivity index (χ3v) is 2.17. The van der Waals surface area contributed by atoms with Crippen molar-refractivity contribution in [1.82, 2.24) is 5.32 Å². The molecule has 6 heteroatoms. The van der Waals surface area contributed by atoms with Gasteiger partial charge in [0.1, 0.15) is 0 Å². The second-order valence-corrected chi connectivity index (χ2v) is 3.89. The Kier molecular flexibility index (Phi) is 8.94. The van der Waals surface area contributed by atoms with Gasteiger partial charge in [-0.15, -0.1) is 6.58 Å². The number of hydrogen-bond acceptors (Lipinski definition) is 3. The number of rotatable bonds is 9. The number of halogens is 3. The third kappa shape index (κ3) is 13.8. The number of nitrogens with one attached hydrogen (secondary N) is 1. The highest BCUT2D eigenvalue weighted by atomic mass is 32.2. The zero-order valence-electron chi connectivity index (χ0n) is 8.48. The molecule has 0 aromatic rings. The van der Waals surface area contributed by atoms with Gasteiger partial charge in [-0.3, -0.25) is 0 Å². The van der Waals surface area contributed by atoms with E-state index in [0.717, 1.165) is 6.42 Å². The molecule has 0 heterocycles. The van der Waals surface area contributed by atoms with E-state index in [0.29, 0.717) is 26.3 Å². The average Bonchev–Trinajstić information content (AvgIpc) is 2.14. The first kappa shape index (κ1) is 14.8. The molecule has 0 aliphatic heterocycles. The van der Waals surface area contributed by atoms with Crippen LogP contribution in [-0.2, 0) is 4.74 Å². The van der Waals surface area contributed by atoms with Crippen molar-refractivity contribution in [3.05, 3.63) is 12.7 Å². The zero-order valence-corrected chi connectivity index (χ0v) is 9.29. The maximum absolute atomic E-state index is 11.7. The minimum absolute atomic E-state index is 0.0111. The van der Waals surface area contributed by atoms with Crippen molar-refractivity contribution in [2.45, 2.75) is 11.9 Å². The van der Waals surface area contributed by atoms with Gasteiger partial charge in [0, 0.05) is 18.8 Å². The van der Waals surface area contributed by atoms with Crippen LogP contribution >= 0.6 is 11.8 Å². The fraction of sp³-hybridized carbons (Fsp3) is 0.778. The lowest BCUT2D eigenvalue weighted by Gasteiger charge is -2.07. The molecule has 0 aromatic carbocycles. The Morgan fingerprint density at radius 1 is 1.27 bits per heavy atom. The minimum atomic E-state index is -4.12. The topological polar surface area (TPSA) is 21.3 Å². The van der Waals surface area contributed by atoms with E-state index in [9.17, 15) is 13.2 Å². The van der Waals surface area contributed by atoms with E-state index in [1.807, 2.05) is 0 Å². The summed E-state index contributed by atoms with van der Waals surface area (Å²) in [5, 5.41) is 2.86. The molecule has 0 amide bonds. The molecule has 90 valence electrons. The lowest BCUT2D eigenvalue weighted by Crippen LogP contribution is -2.23. The summed E-state index contributed by atoms with van der Waals surface area (Å²) in [6, 6.07) is 0. The second kappa shape index (κ2) is 9.06. The van der Waals surface area contributed by atoms with E-state index in [2.05, 4.69) is 11.9 Å². The smallest absolute Gasteiger partial charge is 0.380 e. The largest absolute Gasteiger partial charge is 0.441 e. The van der Waals surface area contributed by atoms with Crippen LogP contribution in [0.4, 0.5) is 13.2 Å². The number of alkyl halides is 3. The summed E-state index contributed by atoms with van der Waals surface area (Å²) < 4.78 is 40.2. The van der Waals surface area contributed by atoms with Crippen LogP contribution in [0.3, 0.4) is 0 Å². The molecule has 0 aliphatic carbocycles. The van der Waals surface area contributed by atoms with Gasteiger partial charge >= 0.3 is 5.51 Å². The highest BCUT2D eigenvalue weighted by molar-refractivity contribution is 8.00. The SMILES string of the molecule is C=CCCOCCNCCSC(F)(F)F. The summed E-state index contributed by atoms with van der Waals surface area (Å²) in [6.07, 6.45) is 2.55. The van der Waals surface area contributed by atoms with E-state index in [1.165, 1.54) is 0 Å². The van der Waals surface area contributed by atoms with Crippen LogP contribution in [0.15, 0.2) is 12.7 Å². The summed E-state index contributed by atoms with van der Waals surface area (Å²) in [6.45, 7) is 5.59. The maximum atomic E-state index is 11.7. The summed E-state index contributed by atoms with van der Waals surface area (Å²) in [7, 11) is 0. The molecular formula is C9H16F3NOS. The molecule has 0 fully saturated rings. The van der Waals surface area contributed by atoms with Crippen LogP contribution in [0.5, 0.6) is 0 Å². The van der Waals surface area contributed by atoms with E-state index in [1.54, 1.807) is 6.08 Å². The number of thioether (sulfide) groups is 1. The minimum Gasteiger partial charge on any atom is -0.380 e. The lowest BCUT2D eigenvalue weighted by atomic mass is 10.4. The van der Waals surface area contributed by atoms with Gasteiger partial charge in [0.15, 0.2) is 0 Å². The fourth-order valence-electron chi connectivity index (χ4n) is 0.777. The summed E-state index contributed by atoms with van der Waals surface area (Å²) >= 11 is -0.0111. The summed E-state index contributed by atoms with van der Waals surface area (Å²) in [5.41, 5.74) is -4.12. The van der Waals surface area contributed by atoms with Crippen molar-refractivity contribution in [1.29, 1.82) is 0 Å². The second-order valence-electron chi connectivity index (χ2n) is 2.73. The molecule has 0 atom stereocenters. The van der Waals surface area contributed by atoms with Crippen LogP contribution in [0.25, 0.3) is 0 Å². The Labute approximate surface area is 92.3 Å². The molecule has 0 aromatic heterocycles. The number of ether oxygens (including phenoxy) is 1. The van der Waals surface area contributed by atoms with Gasteiger partial charge in [-0.25, -0.2) is 0 Å². The van der Waals surface area contributed by atoms with Crippen LogP contribution in [0, 0.1) is 0 Å². The van der Waals surface area contributed by atoms with Crippen LogP contribution in [0.1, 0.15) is 6.42 Å². The van der Waals surface area contributed by atoms with Crippen LogP contribution in [0.2, 0.25) is 0 Å². The van der Waals surface area contributed by atoms with Crippen LogP contribution < -0.4 is 5.32 Å². The first-order valence-corrected chi connectivity index (χ1v) is 5.65. The highest BCUT2D eigenvalue weighted by Gasteiger charge is 2.27. The van der Waals surface area contributed by atoms with Crippen molar-refractivity contribution >= 4 is 11.8 Å². The Hall–Kier alpha value is -0.200. The van der Waals surface area contributed by atoms with E-state index in [4.69, 9.17) is 4.74 Å². The maximum Gasteiger partial charge on any atom is 0.441 e. The van der Waals surface area contributed by atoms with E-state index in [-0.39, 0.29) is 17.5 Å². The van der Waals surface area contributed by atoms with Gasteiger partial charge in [-0.05, 0) is 18.2 Å². The molecule has 15 heavy (non-hydrogen) atoms. The quantitative estimate of drug-likeness (QED) is 0.496. The molecular weight excluding hydrogens is 227 g/mol. The van der Waals surface area contributed by atoms with E-state index < -0.39 is 5.51 Å². The van der Waals surface area contributed by atoms with Crippen molar-refractivity contribution in [2.24, 2.45) is 0 Å². The van der Waals surface area contributed by atoms with Gasteiger partial charge in [0.05, 0.1) is 13.2 Å². The van der Waals surface area contributed by atoms with Gasteiger partial charge in [0.2, 0.25) is 0 Å². The van der Waals surface area contributed by atoms with Crippen molar-refractivity contribution in [3.63, 3.8) is 0 Å². The van der Waals surface area contributed by atoms with Gasteiger partial charge in [-0.1, -0.05) is 6.08 Å². The Bertz CT molecular complexity index is 164. The van der Waals surface area contributed by atoms with Crippen LogP contribution in [-0.4, -0.2) is 37.6 Å². The molecule has 0 saturated heterocycles. The predicted octanol–water partition coefficient (Wildman–Crippen LogP) is 2.42. The molecule has 0 saturated carbocycles. The van der Waals surface area contributed by atoms with Gasteiger partial charge in [-0.2, -0.15) is 13.2 Å². The predicted molar refractivity (Wildman–Crippen MR) is 57.0 cm³/mol. The molecule has 0 spiro atoms. The molecule has 0 rings (SSSR count). The molecule has 1 N–H and O–H groups in total. The Morgan fingerprint density at radius 2 is 2.00 bits per heavy atom. The molecule has 0 radical (unpaired) electrons.